The normalized spacial score (nSPS) is 12.2. The van der Waals surface area contributed by atoms with E-state index in [4.69, 9.17) is 10.8 Å². The van der Waals surface area contributed by atoms with Crippen LogP contribution in [0.4, 0.5) is 0 Å². The van der Waals surface area contributed by atoms with Crippen LogP contribution in [0, 0.1) is 0 Å². The second kappa shape index (κ2) is 6.38. The van der Waals surface area contributed by atoms with E-state index in [1.165, 1.54) is 0 Å². The number of rotatable bonds is 6. The number of aliphatic carboxylic acids is 1. The zero-order chi connectivity index (χ0) is 10.3. The van der Waals surface area contributed by atoms with Crippen molar-refractivity contribution in [3.63, 3.8) is 0 Å². The van der Waals surface area contributed by atoms with Crippen molar-refractivity contribution in [1.29, 1.82) is 0 Å². The molecule has 13 heavy (non-hydrogen) atoms. The highest BCUT2D eigenvalue weighted by molar-refractivity contribution is 5.85. The number of carbonyl (C=O) groups excluding carboxylic acids is 1. The lowest BCUT2D eigenvalue weighted by Gasteiger charge is -2.14. The van der Waals surface area contributed by atoms with Gasteiger partial charge >= 0.3 is 5.97 Å². The van der Waals surface area contributed by atoms with Gasteiger partial charge in [-0.3, -0.25) is 9.59 Å². The first kappa shape index (κ1) is 11.9. The first-order chi connectivity index (χ1) is 6.11. The van der Waals surface area contributed by atoms with Gasteiger partial charge in [-0.05, 0) is 6.54 Å². The molecule has 5 N–H and O–H groups in total. The lowest BCUT2D eigenvalue weighted by atomic mass is 10.2. The number of hydrogen-bond acceptors (Lipinski definition) is 4. The van der Waals surface area contributed by atoms with Crippen LogP contribution in [0.5, 0.6) is 0 Å². The average molecular weight is 189 g/mol. The third-order valence-electron chi connectivity index (χ3n) is 1.42. The molecular weight excluding hydrogens is 174 g/mol. The zero-order valence-electron chi connectivity index (χ0n) is 7.54. The van der Waals surface area contributed by atoms with Crippen LogP contribution in [0.3, 0.4) is 0 Å². The summed E-state index contributed by atoms with van der Waals surface area (Å²) in [5.74, 6) is -1.45. The molecule has 0 spiro atoms. The first-order valence-corrected chi connectivity index (χ1v) is 4.04. The van der Waals surface area contributed by atoms with E-state index in [0.29, 0.717) is 6.54 Å². The second-order valence-electron chi connectivity index (χ2n) is 2.46. The highest BCUT2D eigenvalue weighted by Crippen LogP contribution is 1.80. The van der Waals surface area contributed by atoms with Crippen LogP contribution in [-0.4, -0.2) is 42.7 Å². The number of nitrogens with one attached hydrogen (secondary N) is 2. The molecule has 0 radical (unpaired) electrons. The highest BCUT2D eigenvalue weighted by atomic mass is 16.4. The quantitative estimate of drug-likeness (QED) is 0.391. The minimum Gasteiger partial charge on any atom is -0.480 e. The van der Waals surface area contributed by atoms with Crippen molar-refractivity contribution in [3.05, 3.63) is 0 Å². The summed E-state index contributed by atoms with van der Waals surface area (Å²) in [5, 5.41) is 13.3. The van der Waals surface area contributed by atoms with Gasteiger partial charge in [0, 0.05) is 6.54 Å². The Labute approximate surface area is 76.5 Å². The number of hydrogen-bond donors (Lipinski definition) is 4. The van der Waals surface area contributed by atoms with Crippen LogP contribution in [0.2, 0.25) is 0 Å². The number of carbonyl (C=O) groups is 2. The van der Waals surface area contributed by atoms with Crippen LogP contribution in [0.25, 0.3) is 0 Å². The molecule has 1 unspecified atom stereocenters. The van der Waals surface area contributed by atoms with Gasteiger partial charge in [-0.15, -0.1) is 0 Å². The summed E-state index contributed by atoms with van der Waals surface area (Å²) in [5.41, 5.74) is 5.30. The second-order valence-corrected chi connectivity index (χ2v) is 2.46. The molecule has 0 aromatic carbocycles. The topological polar surface area (TPSA) is 104 Å². The van der Waals surface area contributed by atoms with Crippen molar-refractivity contribution in [3.8, 4) is 0 Å². The molecule has 1 amide bonds. The molecule has 76 valence electrons. The van der Waals surface area contributed by atoms with E-state index in [0.717, 1.165) is 0 Å². The molecule has 0 fully saturated rings. The zero-order valence-corrected chi connectivity index (χ0v) is 7.54. The predicted molar refractivity (Wildman–Crippen MR) is 47.2 cm³/mol. The molecule has 0 bridgehead atoms. The SMILES string of the molecule is CCNC(CN)C(=O)NCC(=O)O. The Balaban J connectivity index is 3.84. The number of nitrogens with two attached hydrogens (primary N) is 1. The van der Waals surface area contributed by atoms with Gasteiger partial charge in [0.15, 0.2) is 0 Å². The first-order valence-electron chi connectivity index (χ1n) is 4.04. The van der Waals surface area contributed by atoms with E-state index in [2.05, 4.69) is 10.6 Å². The molecule has 0 saturated heterocycles. The molecule has 0 aliphatic rings. The molecule has 0 saturated carbocycles. The summed E-state index contributed by atoms with van der Waals surface area (Å²) in [7, 11) is 0. The lowest BCUT2D eigenvalue weighted by molar-refractivity contribution is -0.138. The minimum absolute atomic E-state index is 0.152. The van der Waals surface area contributed by atoms with Gasteiger partial charge in [0.2, 0.25) is 5.91 Å². The Hall–Kier alpha value is -1.14. The van der Waals surface area contributed by atoms with Crippen molar-refractivity contribution >= 4 is 11.9 Å². The molecule has 6 heteroatoms. The van der Waals surface area contributed by atoms with E-state index >= 15 is 0 Å². The van der Waals surface area contributed by atoms with Crippen molar-refractivity contribution in [2.45, 2.75) is 13.0 Å². The monoisotopic (exact) mass is 189 g/mol. The predicted octanol–water partition coefficient (Wildman–Crippen LogP) is -1.88. The number of amides is 1. The molecule has 6 nitrogen and oxygen atoms in total. The molecular formula is C7H15N3O3. The summed E-state index contributed by atoms with van der Waals surface area (Å²) in [6.07, 6.45) is 0. The standard InChI is InChI=1S/C7H15N3O3/c1-2-9-5(3-8)7(13)10-4-6(11)12/h5,9H,2-4,8H2,1H3,(H,10,13)(H,11,12). The van der Waals surface area contributed by atoms with Gasteiger partial charge in [-0.25, -0.2) is 0 Å². The maximum absolute atomic E-state index is 11.2. The van der Waals surface area contributed by atoms with Crippen LogP contribution in [-0.2, 0) is 9.59 Å². The fraction of sp³-hybridized carbons (Fsp3) is 0.714. The molecule has 0 heterocycles. The van der Waals surface area contributed by atoms with Crippen molar-refractivity contribution in [2.75, 3.05) is 19.6 Å². The minimum atomic E-state index is -1.07. The molecule has 0 rings (SSSR count). The number of carboxylic acid groups (broad SMARTS) is 1. The van der Waals surface area contributed by atoms with E-state index in [9.17, 15) is 9.59 Å². The van der Waals surface area contributed by atoms with E-state index in [1.807, 2.05) is 6.92 Å². The fourth-order valence-electron chi connectivity index (χ4n) is 0.815. The lowest BCUT2D eigenvalue weighted by Crippen LogP contribution is -2.49. The van der Waals surface area contributed by atoms with Crippen LogP contribution in [0.15, 0.2) is 0 Å². The van der Waals surface area contributed by atoms with Crippen molar-refractivity contribution < 1.29 is 14.7 Å². The van der Waals surface area contributed by atoms with Crippen LogP contribution in [0.1, 0.15) is 6.92 Å². The van der Waals surface area contributed by atoms with Gasteiger partial charge in [0.25, 0.3) is 0 Å². The van der Waals surface area contributed by atoms with Crippen LogP contribution >= 0.6 is 0 Å². The average Bonchev–Trinajstić information content (AvgIpc) is 2.10. The Morgan fingerprint density at radius 3 is 2.54 bits per heavy atom. The van der Waals surface area contributed by atoms with Gasteiger partial charge in [-0.1, -0.05) is 6.92 Å². The Morgan fingerprint density at radius 2 is 2.15 bits per heavy atom. The van der Waals surface area contributed by atoms with E-state index in [-0.39, 0.29) is 19.0 Å². The third-order valence-corrected chi connectivity index (χ3v) is 1.42. The summed E-state index contributed by atoms with van der Waals surface area (Å²) in [4.78, 5) is 21.3. The maximum atomic E-state index is 11.2. The summed E-state index contributed by atoms with van der Waals surface area (Å²) >= 11 is 0. The molecule has 1 atom stereocenters. The van der Waals surface area contributed by atoms with Gasteiger partial charge in [0.1, 0.15) is 6.54 Å². The highest BCUT2D eigenvalue weighted by Gasteiger charge is 2.15. The van der Waals surface area contributed by atoms with Gasteiger partial charge in [0.05, 0.1) is 6.04 Å². The van der Waals surface area contributed by atoms with Crippen molar-refractivity contribution in [2.24, 2.45) is 5.73 Å². The summed E-state index contributed by atoms with van der Waals surface area (Å²) in [6, 6.07) is -0.510. The molecule has 0 aliphatic carbocycles. The molecule has 0 aromatic rings. The number of carboxylic acids is 1. The smallest absolute Gasteiger partial charge is 0.322 e. The molecule has 0 aromatic heterocycles. The maximum Gasteiger partial charge on any atom is 0.322 e. The summed E-state index contributed by atoms with van der Waals surface area (Å²) < 4.78 is 0. The summed E-state index contributed by atoms with van der Waals surface area (Å²) in [6.45, 7) is 2.23. The van der Waals surface area contributed by atoms with E-state index < -0.39 is 12.0 Å². The Morgan fingerprint density at radius 1 is 1.54 bits per heavy atom. The van der Waals surface area contributed by atoms with Crippen molar-refractivity contribution in [1.82, 2.24) is 10.6 Å². The van der Waals surface area contributed by atoms with E-state index in [1.54, 1.807) is 0 Å². The number of likely N-dealkylation sites (N-methyl/N-ethyl adjacent to an activating group) is 1. The van der Waals surface area contributed by atoms with Crippen LogP contribution < -0.4 is 16.4 Å². The Kier molecular flexibility index (Phi) is 5.82. The van der Waals surface area contributed by atoms with Gasteiger partial charge in [-0.2, -0.15) is 0 Å². The fourth-order valence-corrected chi connectivity index (χ4v) is 0.815. The Bertz CT molecular complexity index is 184. The van der Waals surface area contributed by atoms with Gasteiger partial charge < -0.3 is 21.5 Å². The largest absolute Gasteiger partial charge is 0.480 e. The third kappa shape index (κ3) is 5.15. The molecule has 0 aliphatic heterocycles.